The van der Waals surface area contributed by atoms with Crippen molar-refractivity contribution in [1.82, 2.24) is 10.2 Å². The third-order valence-corrected chi connectivity index (χ3v) is 6.20. The van der Waals surface area contributed by atoms with Gasteiger partial charge in [0.05, 0.1) is 0 Å². The summed E-state index contributed by atoms with van der Waals surface area (Å²) in [5.74, 6) is 0.996. The number of rotatable bonds is 8. The summed E-state index contributed by atoms with van der Waals surface area (Å²) >= 11 is 0. The van der Waals surface area contributed by atoms with Gasteiger partial charge in [-0.1, -0.05) is 62.4 Å². The SMILES string of the molecule is Cc1ccccc1CN1CCC(C(=O)NCCCc2ccc(C(C)C)cc2)CC1. The molecule has 0 aliphatic carbocycles. The molecule has 2 aromatic carbocycles. The summed E-state index contributed by atoms with van der Waals surface area (Å²) in [6.07, 6.45) is 3.95. The van der Waals surface area contributed by atoms with Crippen LogP contribution in [-0.4, -0.2) is 30.4 Å². The smallest absolute Gasteiger partial charge is 0.223 e. The quantitative estimate of drug-likeness (QED) is 0.636. The lowest BCUT2D eigenvalue weighted by Gasteiger charge is -2.31. The van der Waals surface area contributed by atoms with Gasteiger partial charge in [0.2, 0.25) is 5.91 Å². The molecule has 0 atom stereocenters. The van der Waals surface area contributed by atoms with E-state index in [-0.39, 0.29) is 11.8 Å². The molecule has 0 unspecified atom stereocenters. The number of carbonyl (C=O) groups excluding carboxylic acids is 1. The minimum absolute atomic E-state index is 0.174. The van der Waals surface area contributed by atoms with Crippen LogP contribution in [0.2, 0.25) is 0 Å². The number of nitrogens with one attached hydrogen (secondary N) is 1. The van der Waals surface area contributed by atoms with Crippen LogP contribution in [0.15, 0.2) is 48.5 Å². The van der Waals surface area contributed by atoms with Gasteiger partial charge in [0.25, 0.3) is 0 Å². The minimum atomic E-state index is 0.174. The topological polar surface area (TPSA) is 32.3 Å². The predicted molar refractivity (Wildman–Crippen MR) is 121 cm³/mol. The second-order valence-corrected chi connectivity index (χ2v) is 8.77. The van der Waals surface area contributed by atoms with Gasteiger partial charge in [-0.15, -0.1) is 0 Å². The van der Waals surface area contributed by atoms with Crippen molar-refractivity contribution in [1.29, 1.82) is 0 Å². The fourth-order valence-corrected chi connectivity index (χ4v) is 4.10. The van der Waals surface area contributed by atoms with E-state index < -0.39 is 0 Å². The number of aryl methyl sites for hydroxylation is 2. The summed E-state index contributed by atoms with van der Waals surface area (Å²) in [6.45, 7) is 10.4. The largest absolute Gasteiger partial charge is 0.356 e. The van der Waals surface area contributed by atoms with E-state index in [4.69, 9.17) is 0 Å². The maximum atomic E-state index is 12.5. The number of hydrogen-bond acceptors (Lipinski definition) is 2. The summed E-state index contributed by atoms with van der Waals surface area (Å²) < 4.78 is 0. The number of piperidine rings is 1. The number of benzene rings is 2. The Morgan fingerprint density at radius 1 is 1.07 bits per heavy atom. The standard InChI is InChI=1S/C26H36N2O/c1-20(2)23-12-10-22(11-13-23)8-6-16-27-26(29)24-14-17-28(18-15-24)19-25-9-5-4-7-21(25)3/h4-5,7,9-13,20,24H,6,8,14-19H2,1-3H3,(H,27,29). The molecule has 0 aromatic heterocycles. The Bertz CT molecular complexity index is 774. The van der Waals surface area contributed by atoms with Gasteiger partial charge < -0.3 is 5.32 Å². The summed E-state index contributed by atoms with van der Waals surface area (Å²) in [6, 6.07) is 17.5. The Morgan fingerprint density at radius 2 is 1.76 bits per heavy atom. The van der Waals surface area contributed by atoms with Crippen molar-refractivity contribution in [2.24, 2.45) is 5.92 Å². The van der Waals surface area contributed by atoms with Gasteiger partial charge in [-0.2, -0.15) is 0 Å². The average molecular weight is 393 g/mol. The first-order valence-corrected chi connectivity index (χ1v) is 11.2. The molecule has 1 aliphatic rings. The third kappa shape index (κ3) is 6.43. The van der Waals surface area contributed by atoms with Gasteiger partial charge in [-0.25, -0.2) is 0 Å². The highest BCUT2D eigenvalue weighted by atomic mass is 16.1. The van der Waals surface area contributed by atoms with Crippen LogP contribution in [0.5, 0.6) is 0 Å². The Balaban J connectivity index is 1.34. The van der Waals surface area contributed by atoms with Crippen LogP contribution < -0.4 is 5.32 Å². The van der Waals surface area contributed by atoms with E-state index in [0.717, 1.165) is 51.9 Å². The Labute approximate surface area is 176 Å². The van der Waals surface area contributed by atoms with Crippen LogP contribution in [-0.2, 0) is 17.8 Å². The fourth-order valence-electron chi connectivity index (χ4n) is 4.10. The van der Waals surface area contributed by atoms with Gasteiger partial charge in [0.15, 0.2) is 0 Å². The molecule has 1 amide bonds. The summed E-state index contributed by atoms with van der Waals surface area (Å²) in [4.78, 5) is 15.0. The van der Waals surface area contributed by atoms with Gasteiger partial charge in [0, 0.05) is 19.0 Å². The molecule has 29 heavy (non-hydrogen) atoms. The van der Waals surface area contributed by atoms with Crippen molar-refractivity contribution in [3.8, 4) is 0 Å². The normalized spacial score (nSPS) is 15.6. The molecule has 3 rings (SSSR count). The highest BCUT2D eigenvalue weighted by Gasteiger charge is 2.24. The molecule has 1 saturated heterocycles. The number of carbonyl (C=O) groups is 1. The second-order valence-electron chi connectivity index (χ2n) is 8.77. The van der Waals surface area contributed by atoms with Gasteiger partial charge >= 0.3 is 0 Å². The highest BCUT2D eigenvalue weighted by molar-refractivity contribution is 5.78. The molecule has 1 aliphatic heterocycles. The number of amides is 1. The first kappa shape index (κ1) is 21.6. The molecule has 0 radical (unpaired) electrons. The van der Waals surface area contributed by atoms with Crippen LogP contribution in [0, 0.1) is 12.8 Å². The van der Waals surface area contributed by atoms with Crippen molar-refractivity contribution in [2.45, 2.75) is 58.9 Å². The average Bonchev–Trinajstić information content (AvgIpc) is 2.73. The van der Waals surface area contributed by atoms with E-state index in [1.807, 2.05) is 0 Å². The predicted octanol–water partition coefficient (Wildman–Crippen LogP) is 5.08. The fraction of sp³-hybridized carbons (Fsp3) is 0.500. The molecule has 3 heteroatoms. The van der Waals surface area contributed by atoms with E-state index >= 15 is 0 Å². The molecule has 1 heterocycles. The van der Waals surface area contributed by atoms with Crippen LogP contribution >= 0.6 is 0 Å². The highest BCUT2D eigenvalue weighted by Crippen LogP contribution is 2.20. The Hall–Kier alpha value is -2.13. The van der Waals surface area contributed by atoms with Gasteiger partial charge in [-0.3, -0.25) is 9.69 Å². The lowest BCUT2D eigenvalue weighted by Crippen LogP contribution is -2.40. The summed E-state index contributed by atoms with van der Waals surface area (Å²) in [7, 11) is 0. The lowest BCUT2D eigenvalue weighted by molar-refractivity contribution is -0.126. The van der Waals surface area contributed by atoms with Crippen LogP contribution in [0.3, 0.4) is 0 Å². The van der Waals surface area contributed by atoms with E-state index in [2.05, 4.69) is 79.5 Å². The first-order valence-electron chi connectivity index (χ1n) is 11.2. The number of hydrogen-bond donors (Lipinski definition) is 1. The van der Waals surface area contributed by atoms with Crippen molar-refractivity contribution < 1.29 is 4.79 Å². The molecular weight excluding hydrogens is 356 g/mol. The third-order valence-electron chi connectivity index (χ3n) is 6.20. The van der Waals surface area contributed by atoms with E-state index in [1.165, 1.54) is 22.3 Å². The second kappa shape index (κ2) is 10.6. The number of likely N-dealkylation sites (tertiary alicyclic amines) is 1. The van der Waals surface area contributed by atoms with Crippen LogP contribution in [0.4, 0.5) is 0 Å². The zero-order valence-electron chi connectivity index (χ0n) is 18.3. The molecule has 156 valence electrons. The Morgan fingerprint density at radius 3 is 2.41 bits per heavy atom. The zero-order valence-corrected chi connectivity index (χ0v) is 18.3. The molecule has 0 saturated carbocycles. The maximum Gasteiger partial charge on any atom is 0.223 e. The lowest BCUT2D eigenvalue weighted by atomic mass is 9.95. The molecule has 1 fully saturated rings. The van der Waals surface area contributed by atoms with Crippen LogP contribution in [0.1, 0.15) is 61.3 Å². The summed E-state index contributed by atoms with van der Waals surface area (Å²) in [5.41, 5.74) is 5.49. The Kier molecular flexibility index (Phi) is 7.88. The molecular formula is C26H36N2O. The van der Waals surface area contributed by atoms with Gasteiger partial charge in [-0.05, 0) is 73.9 Å². The molecule has 0 spiro atoms. The van der Waals surface area contributed by atoms with Gasteiger partial charge in [0.1, 0.15) is 0 Å². The molecule has 0 bridgehead atoms. The van der Waals surface area contributed by atoms with Crippen molar-refractivity contribution in [3.05, 3.63) is 70.8 Å². The molecule has 1 N–H and O–H groups in total. The zero-order chi connectivity index (χ0) is 20.6. The summed E-state index contributed by atoms with van der Waals surface area (Å²) in [5, 5.41) is 3.17. The van der Waals surface area contributed by atoms with Crippen molar-refractivity contribution >= 4 is 5.91 Å². The van der Waals surface area contributed by atoms with E-state index in [9.17, 15) is 4.79 Å². The molecule has 2 aromatic rings. The van der Waals surface area contributed by atoms with Crippen LogP contribution in [0.25, 0.3) is 0 Å². The van der Waals surface area contributed by atoms with Crippen molar-refractivity contribution in [2.75, 3.05) is 19.6 Å². The minimum Gasteiger partial charge on any atom is -0.356 e. The number of nitrogens with zero attached hydrogens (tertiary/aromatic N) is 1. The first-order chi connectivity index (χ1) is 14.0. The maximum absolute atomic E-state index is 12.5. The van der Waals surface area contributed by atoms with E-state index in [1.54, 1.807) is 0 Å². The monoisotopic (exact) mass is 392 g/mol. The van der Waals surface area contributed by atoms with Crippen molar-refractivity contribution in [3.63, 3.8) is 0 Å². The van der Waals surface area contributed by atoms with E-state index in [0.29, 0.717) is 5.92 Å². The molecule has 3 nitrogen and oxygen atoms in total.